The van der Waals surface area contributed by atoms with Crippen molar-refractivity contribution >= 4 is 9.84 Å². The zero-order valence-corrected chi connectivity index (χ0v) is 12.8. The first kappa shape index (κ1) is 16.9. The van der Waals surface area contributed by atoms with Crippen molar-refractivity contribution in [2.75, 3.05) is 18.1 Å². The average Bonchev–Trinajstić information content (AvgIpc) is 2.25. The average molecular weight is 263 g/mol. The van der Waals surface area contributed by atoms with Crippen LogP contribution in [0.3, 0.4) is 0 Å². The highest BCUT2D eigenvalue weighted by atomic mass is 32.2. The van der Waals surface area contributed by atoms with Gasteiger partial charge in [0.05, 0.1) is 11.5 Å². The quantitative estimate of drug-likeness (QED) is 0.695. The van der Waals surface area contributed by atoms with Crippen LogP contribution in [0.5, 0.6) is 0 Å². The highest BCUT2D eigenvalue weighted by Crippen LogP contribution is 2.12. The second-order valence-electron chi connectivity index (χ2n) is 5.35. The molecule has 0 fully saturated rings. The molecule has 0 radical (unpaired) electrons. The molecule has 0 amide bonds. The lowest BCUT2D eigenvalue weighted by molar-refractivity contribution is 0.397. The molecule has 4 heteroatoms. The van der Waals surface area contributed by atoms with Gasteiger partial charge in [0.2, 0.25) is 0 Å². The maximum Gasteiger partial charge on any atom is 0.151 e. The lowest BCUT2D eigenvalue weighted by atomic mass is 10.0. The van der Waals surface area contributed by atoms with E-state index in [4.69, 9.17) is 0 Å². The Bertz CT molecular complexity index is 286. The molecule has 0 aliphatic rings. The van der Waals surface area contributed by atoms with E-state index in [2.05, 4.69) is 33.0 Å². The molecule has 0 aromatic carbocycles. The lowest BCUT2D eigenvalue weighted by Gasteiger charge is -2.23. The van der Waals surface area contributed by atoms with Gasteiger partial charge >= 0.3 is 0 Å². The summed E-state index contributed by atoms with van der Waals surface area (Å²) in [6, 6.07) is 0.0992. The van der Waals surface area contributed by atoms with Gasteiger partial charge in [0.1, 0.15) is 0 Å². The summed E-state index contributed by atoms with van der Waals surface area (Å²) in [4.78, 5) is 0. The molecule has 1 N–H and O–H groups in total. The lowest BCUT2D eigenvalue weighted by Crippen LogP contribution is -2.41. The van der Waals surface area contributed by atoms with Crippen LogP contribution >= 0.6 is 0 Å². The van der Waals surface area contributed by atoms with Crippen LogP contribution in [0.15, 0.2) is 0 Å². The molecule has 0 aromatic heterocycles. The van der Waals surface area contributed by atoms with Gasteiger partial charge in [0.15, 0.2) is 9.84 Å². The first-order chi connectivity index (χ1) is 7.82. The third kappa shape index (κ3) is 7.77. The van der Waals surface area contributed by atoms with Gasteiger partial charge in [-0.25, -0.2) is 8.42 Å². The molecule has 0 saturated heterocycles. The zero-order chi connectivity index (χ0) is 13.5. The topological polar surface area (TPSA) is 46.2 Å². The first-order valence-corrected chi connectivity index (χ1v) is 8.58. The van der Waals surface area contributed by atoms with Crippen molar-refractivity contribution in [2.24, 2.45) is 11.8 Å². The minimum Gasteiger partial charge on any atom is -0.313 e. The van der Waals surface area contributed by atoms with Gasteiger partial charge in [0.25, 0.3) is 0 Å². The molecule has 0 aromatic rings. The van der Waals surface area contributed by atoms with Gasteiger partial charge in [-0.05, 0) is 24.8 Å². The Morgan fingerprint density at radius 1 is 1.12 bits per heavy atom. The van der Waals surface area contributed by atoms with E-state index >= 15 is 0 Å². The molecule has 3 nitrogen and oxygen atoms in total. The third-order valence-corrected chi connectivity index (χ3v) is 4.96. The number of nitrogens with one attached hydrogen (secondary N) is 1. The van der Waals surface area contributed by atoms with E-state index < -0.39 is 9.84 Å². The summed E-state index contributed by atoms with van der Waals surface area (Å²) in [6.45, 7) is 11.2. The van der Waals surface area contributed by atoms with E-state index in [0.717, 1.165) is 19.4 Å². The van der Waals surface area contributed by atoms with Crippen LogP contribution in [0, 0.1) is 11.8 Å². The van der Waals surface area contributed by atoms with Gasteiger partial charge in [-0.3, -0.25) is 0 Å². The number of hydrogen-bond acceptors (Lipinski definition) is 3. The second-order valence-corrected chi connectivity index (χ2v) is 7.58. The zero-order valence-electron chi connectivity index (χ0n) is 12.0. The largest absolute Gasteiger partial charge is 0.313 e. The summed E-state index contributed by atoms with van der Waals surface area (Å²) in [7, 11) is -2.92. The molecule has 2 atom stereocenters. The number of sulfone groups is 1. The molecule has 0 heterocycles. The Morgan fingerprint density at radius 2 is 1.71 bits per heavy atom. The summed E-state index contributed by atoms with van der Waals surface area (Å²) < 4.78 is 24.0. The van der Waals surface area contributed by atoms with E-state index in [1.165, 1.54) is 0 Å². The predicted molar refractivity (Wildman–Crippen MR) is 75.0 cm³/mol. The summed E-state index contributed by atoms with van der Waals surface area (Å²) >= 11 is 0. The van der Waals surface area contributed by atoms with Crippen molar-refractivity contribution < 1.29 is 8.42 Å². The van der Waals surface area contributed by atoms with E-state index in [1.54, 1.807) is 0 Å². The highest BCUT2D eigenvalue weighted by molar-refractivity contribution is 7.91. The van der Waals surface area contributed by atoms with Crippen molar-refractivity contribution in [3.05, 3.63) is 0 Å². The minimum atomic E-state index is -2.92. The summed E-state index contributed by atoms with van der Waals surface area (Å²) in [5.41, 5.74) is 0. The number of hydrogen-bond donors (Lipinski definition) is 1. The molecule has 0 rings (SSSR count). The van der Waals surface area contributed by atoms with Gasteiger partial charge < -0.3 is 5.32 Å². The van der Waals surface area contributed by atoms with Crippen LogP contribution < -0.4 is 5.32 Å². The third-order valence-electron chi connectivity index (χ3n) is 3.24. The fraction of sp³-hybridized carbons (Fsp3) is 1.00. The van der Waals surface area contributed by atoms with Crippen LogP contribution in [-0.2, 0) is 9.84 Å². The van der Waals surface area contributed by atoms with Gasteiger partial charge in [0, 0.05) is 6.04 Å². The Balaban J connectivity index is 4.41. The highest BCUT2D eigenvalue weighted by Gasteiger charge is 2.22. The molecular formula is C13H29NO2S. The van der Waals surface area contributed by atoms with Crippen LogP contribution in [-0.4, -0.2) is 32.5 Å². The van der Waals surface area contributed by atoms with E-state index in [0.29, 0.717) is 17.6 Å². The van der Waals surface area contributed by atoms with Gasteiger partial charge in [-0.1, -0.05) is 41.0 Å². The van der Waals surface area contributed by atoms with E-state index in [1.807, 2.05) is 6.92 Å². The number of rotatable bonds is 9. The maximum absolute atomic E-state index is 12.0. The fourth-order valence-electron chi connectivity index (χ4n) is 1.74. The van der Waals surface area contributed by atoms with Gasteiger partial charge in [-0.15, -0.1) is 0 Å². The van der Waals surface area contributed by atoms with Crippen LogP contribution in [0.1, 0.15) is 47.5 Å². The van der Waals surface area contributed by atoms with Crippen molar-refractivity contribution in [2.45, 2.75) is 53.5 Å². The molecule has 0 saturated carbocycles. The SMILES string of the molecule is CCNC(CS(=O)(=O)CCC(C)C)C(C)CC. The van der Waals surface area contributed by atoms with E-state index in [-0.39, 0.29) is 11.8 Å². The molecule has 0 bridgehead atoms. The molecule has 0 spiro atoms. The van der Waals surface area contributed by atoms with Crippen LogP contribution in [0.25, 0.3) is 0 Å². The monoisotopic (exact) mass is 263 g/mol. The molecule has 104 valence electrons. The summed E-state index contributed by atoms with van der Waals surface area (Å²) in [5.74, 6) is 1.46. The Labute approximate surface area is 107 Å². The smallest absolute Gasteiger partial charge is 0.151 e. The molecule has 0 aliphatic carbocycles. The van der Waals surface area contributed by atoms with Crippen LogP contribution in [0.2, 0.25) is 0 Å². The molecule has 2 unspecified atom stereocenters. The second kappa shape index (κ2) is 8.09. The van der Waals surface area contributed by atoms with Crippen molar-refractivity contribution in [1.82, 2.24) is 5.32 Å². The normalized spacial score (nSPS) is 16.1. The maximum atomic E-state index is 12.0. The Kier molecular flexibility index (Phi) is 8.05. The van der Waals surface area contributed by atoms with Crippen molar-refractivity contribution in [1.29, 1.82) is 0 Å². The Morgan fingerprint density at radius 3 is 2.12 bits per heavy atom. The predicted octanol–water partition coefficient (Wildman–Crippen LogP) is 2.47. The standard InChI is InChI=1S/C13H29NO2S/c1-6-12(5)13(14-7-2)10-17(15,16)9-8-11(3)4/h11-14H,6-10H2,1-5H3. The first-order valence-electron chi connectivity index (χ1n) is 6.76. The van der Waals surface area contributed by atoms with Gasteiger partial charge in [-0.2, -0.15) is 0 Å². The summed E-state index contributed by atoms with van der Waals surface area (Å²) in [6.07, 6.45) is 1.78. The molecular weight excluding hydrogens is 234 g/mol. The summed E-state index contributed by atoms with van der Waals surface area (Å²) in [5, 5.41) is 3.30. The van der Waals surface area contributed by atoms with E-state index in [9.17, 15) is 8.42 Å². The molecule has 0 aliphatic heterocycles. The van der Waals surface area contributed by atoms with Crippen molar-refractivity contribution in [3.8, 4) is 0 Å². The molecule has 17 heavy (non-hydrogen) atoms. The van der Waals surface area contributed by atoms with Crippen molar-refractivity contribution in [3.63, 3.8) is 0 Å². The Hall–Kier alpha value is -0.0900. The van der Waals surface area contributed by atoms with Crippen LogP contribution in [0.4, 0.5) is 0 Å². The minimum absolute atomic E-state index is 0.0992. The fourth-order valence-corrected chi connectivity index (χ4v) is 3.73.